The minimum Gasteiger partial charge on any atom is -0.480 e. The van der Waals surface area contributed by atoms with Crippen molar-refractivity contribution in [1.29, 1.82) is 0 Å². The molecule has 0 heterocycles. The van der Waals surface area contributed by atoms with Crippen molar-refractivity contribution in [3.63, 3.8) is 0 Å². The summed E-state index contributed by atoms with van der Waals surface area (Å²) in [6.45, 7) is 4.84. The number of nitrogens with two attached hydrogens (primary N) is 1. The Morgan fingerprint density at radius 3 is 2.07 bits per heavy atom. The van der Waals surface area contributed by atoms with E-state index in [0.29, 0.717) is 19.4 Å². The molecule has 0 saturated carbocycles. The Hall–Kier alpha value is -2.86. The molecule has 43 heavy (non-hydrogen) atoms. The summed E-state index contributed by atoms with van der Waals surface area (Å²) in [5, 5.41) is 10.1. The van der Waals surface area contributed by atoms with Crippen LogP contribution in [0.15, 0.2) is 42.5 Å². The summed E-state index contributed by atoms with van der Waals surface area (Å²) in [5.41, 5.74) is 11.6. The third-order valence-electron chi connectivity index (χ3n) is 8.94. The summed E-state index contributed by atoms with van der Waals surface area (Å²) < 4.78 is 5.81. The van der Waals surface area contributed by atoms with Crippen molar-refractivity contribution in [2.75, 3.05) is 6.54 Å². The van der Waals surface area contributed by atoms with Crippen molar-refractivity contribution < 1.29 is 19.4 Å². The molecule has 0 radical (unpaired) electrons. The van der Waals surface area contributed by atoms with Crippen molar-refractivity contribution in [3.8, 4) is 11.1 Å². The van der Waals surface area contributed by atoms with Gasteiger partial charge >= 0.3 is 12.1 Å². The van der Waals surface area contributed by atoms with Gasteiger partial charge in [-0.25, -0.2) is 9.59 Å². The molecule has 3 N–H and O–H groups in total. The zero-order valence-electron chi connectivity index (χ0n) is 26.8. The lowest BCUT2D eigenvalue weighted by Gasteiger charge is -2.33. The van der Waals surface area contributed by atoms with E-state index < -0.39 is 18.1 Å². The number of ether oxygens (including phenoxy) is 1. The Morgan fingerprint density at radius 1 is 0.814 bits per heavy atom. The molecule has 238 valence electrons. The standard InChI is InChI=1S/C37H56N2O4/c1-3-4-5-6-7-8-9-10-11-12-13-14-19-29(2)39(35(36(40)41)22-17-18-25-38)37(42)43-28-30-23-24-32-27-31-20-15-16-21-33(31)34(32)26-30/h15-16,20-21,23-24,26,29,35H,3-14,17-19,22,25,27-28,38H2,1-2H3,(H,40,41)/t29?,35-/m0/s1. The monoisotopic (exact) mass is 592 g/mol. The SMILES string of the molecule is CCCCCCCCCCCCCCC(C)N(C(=O)OCc1ccc2c(c1)-c1ccccc1C2)[C@@H](CCCCN)C(=O)O. The van der Waals surface area contributed by atoms with Crippen molar-refractivity contribution in [2.45, 2.75) is 142 Å². The number of rotatable bonds is 22. The molecule has 2 aromatic carbocycles. The first-order valence-corrected chi connectivity index (χ1v) is 17.0. The van der Waals surface area contributed by atoms with Crippen molar-refractivity contribution in [3.05, 3.63) is 59.2 Å². The summed E-state index contributed by atoms with van der Waals surface area (Å²) in [6, 6.07) is 13.5. The van der Waals surface area contributed by atoms with E-state index in [9.17, 15) is 14.7 Å². The van der Waals surface area contributed by atoms with E-state index in [-0.39, 0.29) is 12.6 Å². The van der Waals surface area contributed by atoms with Crippen molar-refractivity contribution in [2.24, 2.45) is 5.73 Å². The maximum absolute atomic E-state index is 13.5. The van der Waals surface area contributed by atoms with Gasteiger partial charge in [0.1, 0.15) is 12.6 Å². The number of fused-ring (bicyclic) bond motifs is 3. The highest BCUT2D eigenvalue weighted by molar-refractivity contribution is 5.80. The van der Waals surface area contributed by atoms with Gasteiger partial charge in [-0.2, -0.15) is 0 Å². The zero-order chi connectivity index (χ0) is 30.9. The first kappa shape index (κ1) is 34.6. The number of carboxylic acid groups (broad SMARTS) is 1. The molecule has 0 fully saturated rings. The van der Waals surface area contributed by atoms with Gasteiger partial charge in [0.05, 0.1) is 0 Å². The fourth-order valence-corrected chi connectivity index (χ4v) is 6.38. The molecule has 2 atom stereocenters. The van der Waals surface area contributed by atoms with Gasteiger partial charge in [-0.05, 0) is 79.5 Å². The molecule has 0 spiro atoms. The highest BCUT2D eigenvalue weighted by Crippen LogP contribution is 2.37. The fourth-order valence-electron chi connectivity index (χ4n) is 6.38. The third kappa shape index (κ3) is 11.3. The summed E-state index contributed by atoms with van der Waals surface area (Å²) in [7, 11) is 0. The smallest absolute Gasteiger partial charge is 0.411 e. The summed E-state index contributed by atoms with van der Waals surface area (Å²) >= 11 is 0. The number of benzene rings is 2. The Labute approximate surface area is 260 Å². The van der Waals surface area contributed by atoms with Crippen LogP contribution in [-0.2, 0) is 22.6 Å². The van der Waals surface area contributed by atoms with E-state index in [2.05, 4.69) is 37.3 Å². The minimum absolute atomic E-state index is 0.116. The van der Waals surface area contributed by atoms with Crippen molar-refractivity contribution >= 4 is 12.1 Å². The number of carbonyl (C=O) groups is 2. The topological polar surface area (TPSA) is 92.9 Å². The fraction of sp³-hybridized carbons (Fsp3) is 0.622. The van der Waals surface area contributed by atoms with E-state index in [1.165, 1.54) is 91.4 Å². The van der Waals surface area contributed by atoms with E-state index in [0.717, 1.165) is 37.7 Å². The predicted molar refractivity (Wildman–Crippen MR) is 176 cm³/mol. The molecular formula is C37H56N2O4. The highest BCUT2D eigenvalue weighted by atomic mass is 16.6. The van der Waals surface area contributed by atoms with Crippen LogP contribution in [0, 0.1) is 0 Å². The van der Waals surface area contributed by atoms with Crippen LogP contribution in [0.4, 0.5) is 4.79 Å². The zero-order valence-corrected chi connectivity index (χ0v) is 26.8. The second kappa shape index (κ2) is 19.4. The molecule has 6 nitrogen and oxygen atoms in total. The van der Waals surface area contributed by atoms with Crippen molar-refractivity contribution in [1.82, 2.24) is 4.90 Å². The molecule has 1 aliphatic carbocycles. The van der Waals surface area contributed by atoms with Gasteiger partial charge in [0.25, 0.3) is 0 Å². The Balaban J connectivity index is 1.51. The normalized spacial score (nSPS) is 13.3. The number of aliphatic carboxylic acids is 1. The summed E-state index contributed by atoms with van der Waals surface area (Å²) in [4.78, 5) is 27.3. The molecule has 0 aromatic heterocycles. The first-order valence-electron chi connectivity index (χ1n) is 17.0. The van der Waals surface area contributed by atoms with Gasteiger partial charge in [-0.15, -0.1) is 0 Å². The number of carboxylic acids is 1. The second-order valence-corrected chi connectivity index (χ2v) is 12.5. The second-order valence-electron chi connectivity index (χ2n) is 12.5. The van der Waals surface area contributed by atoms with Crippen LogP contribution in [0.25, 0.3) is 11.1 Å². The number of carbonyl (C=O) groups excluding carboxylic acids is 1. The molecule has 0 saturated heterocycles. The van der Waals surface area contributed by atoms with Crippen LogP contribution in [0.3, 0.4) is 0 Å². The number of hydrogen-bond donors (Lipinski definition) is 2. The van der Waals surface area contributed by atoms with Gasteiger partial charge in [-0.3, -0.25) is 4.90 Å². The average Bonchev–Trinajstić information content (AvgIpc) is 3.38. The lowest BCUT2D eigenvalue weighted by molar-refractivity contribution is -0.144. The van der Waals surface area contributed by atoms with Crippen LogP contribution in [0.2, 0.25) is 0 Å². The van der Waals surface area contributed by atoms with Crippen LogP contribution < -0.4 is 5.73 Å². The minimum atomic E-state index is -0.982. The average molecular weight is 593 g/mol. The molecule has 0 bridgehead atoms. The number of hydrogen-bond acceptors (Lipinski definition) is 4. The lowest BCUT2D eigenvalue weighted by atomic mass is 10.0. The first-order chi connectivity index (χ1) is 21.0. The lowest BCUT2D eigenvalue weighted by Crippen LogP contribution is -2.50. The number of unbranched alkanes of at least 4 members (excludes halogenated alkanes) is 12. The molecule has 1 amide bonds. The van der Waals surface area contributed by atoms with E-state index >= 15 is 0 Å². The molecule has 0 aliphatic heterocycles. The predicted octanol–water partition coefficient (Wildman–Crippen LogP) is 9.26. The maximum Gasteiger partial charge on any atom is 0.411 e. The molecule has 1 aliphatic rings. The summed E-state index contributed by atoms with van der Waals surface area (Å²) in [5.74, 6) is -0.982. The van der Waals surface area contributed by atoms with Gasteiger partial charge < -0.3 is 15.6 Å². The summed E-state index contributed by atoms with van der Waals surface area (Å²) in [6.07, 6.45) is 18.1. The third-order valence-corrected chi connectivity index (χ3v) is 8.94. The largest absolute Gasteiger partial charge is 0.480 e. The van der Waals surface area contributed by atoms with Crippen LogP contribution in [-0.4, -0.2) is 40.7 Å². The van der Waals surface area contributed by atoms with Gasteiger partial charge in [-0.1, -0.05) is 120 Å². The van der Waals surface area contributed by atoms with Crippen LogP contribution in [0.1, 0.15) is 133 Å². The van der Waals surface area contributed by atoms with Crippen LogP contribution in [0.5, 0.6) is 0 Å². The van der Waals surface area contributed by atoms with Gasteiger partial charge in [0, 0.05) is 6.04 Å². The number of amides is 1. The molecule has 2 aromatic rings. The molecule has 6 heteroatoms. The van der Waals surface area contributed by atoms with E-state index in [1.54, 1.807) is 0 Å². The maximum atomic E-state index is 13.5. The van der Waals surface area contributed by atoms with E-state index in [4.69, 9.17) is 10.5 Å². The highest BCUT2D eigenvalue weighted by Gasteiger charge is 2.34. The Morgan fingerprint density at radius 2 is 1.42 bits per heavy atom. The van der Waals surface area contributed by atoms with Crippen LogP contribution >= 0.6 is 0 Å². The van der Waals surface area contributed by atoms with Gasteiger partial charge in [0.2, 0.25) is 0 Å². The van der Waals surface area contributed by atoms with Gasteiger partial charge in [0.15, 0.2) is 0 Å². The Kier molecular flexibility index (Phi) is 15.6. The molecular weight excluding hydrogens is 536 g/mol. The molecule has 3 rings (SSSR count). The molecule has 1 unspecified atom stereocenters. The van der Waals surface area contributed by atoms with E-state index in [1.807, 2.05) is 19.1 Å². The quantitative estimate of drug-likeness (QED) is 0.113. The Bertz CT molecular complexity index is 1120. The number of nitrogens with zero attached hydrogens (tertiary/aromatic N) is 1.